The molecule has 2 aromatic carbocycles. The van der Waals surface area contributed by atoms with Gasteiger partial charge in [0.1, 0.15) is 11.3 Å². The van der Waals surface area contributed by atoms with Crippen molar-refractivity contribution in [3.63, 3.8) is 0 Å². The summed E-state index contributed by atoms with van der Waals surface area (Å²) in [5.74, 6) is -3.54. The Kier molecular flexibility index (Phi) is 4.22. The number of fused-ring (bicyclic) bond motifs is 1. The molecule has 5 nitrogen and oxygen atoms in total. The number of amides is 1. The van der Waals surface area contributed by atoms with E-state index >= 15 is 0 Å². The van der Waals surface area contributed by atoms with Gasteiger partial charge in [-0.2, -0.15) is 0 Å². The molecule has 128 valence electrons. The van der Waals surface area contributed by atoms with Crippen molar-refractivity contribution in [3.05, 3.63) is 70.0 Å². The zero-order chi connectivity index (χ0) is 18.1. The number of benzene rings is 2. The average Bonchev–Trinajstić information content (AvgIpc) is 2.59. The van der Waals surface area contributed by atoms with Gasteiger partial charge in [-0.3, -0.25) is 9.59 Å². The number of halogens is 2. The molecule has 0 saturated heterocycles. The van der Waals surface area contributed by atoms with Crippen LogP contribution in [0.15, 0.2) is 47.3 Å². The molecule has 0 atom stereocenters. The largest absolute Gasteiger partial charge is 0.506 e. The van der Waals surface area contributed by atoms with Crippen LogP contribution in [0.3, 0.4) is 0 Å². The van der Waals surface area contributed by atoms with E-state index in [-0.39, 0.29) is 5.69 Å². The fraction of sp³-hybridized carbons (Fsp3) is 0.111. The Balaban J connectivity index is 2.13. The summed E-state index contributed by atoms with van der Waals surface area (Å²) in [6, 6.07) is 9.45. The lowest BCUT2D eigenvalue weighted by Crippen LogP contribution is -2.29. The lowest BCUT2D eigenvalue weighted by atomic mass is 10.1. The minimum Gasteiger partial charge on any atom is -0.506 e. The molecule has 2 N–H and O–H groups in total. The molecule has 0 aliphatic carbocycles. The highest BCUT2D eigenvalue weighted by Crippen LogP contribution is 2.27. The monoisotopic (exact) mass is 344 g/mol. The summed E-state index contributed by atoms with van der Waals surface area (Å²) in [4.78, 5) is 25.1. The third-order valence-electron chi connectivity index (χ3n) is 3.87. The van der Waals surface area contributed by atoms with E-state index in [0.29, 0.717) is 17.4 Å². The van der Waals surface area contributed by atoms with Gasteiger partial charge < -0.3 is 15.0 Å². The van der Waals surface area contributed by atoms with Gasteiger partial charge >= 0.3 is 0 Å². The normalized spacial score (nSPS) is 10.8. The number of anilines is 1. The van der Waals surface area contributed by atoms with Crippen LogP contribution < -0.4 is 10.9 Å². The number of hydrogen-bond donors (Lipinski definition) is 2. The molecule has 3 rings (SSSR count). The molecule has 1 heterocycles. The van der Waals surface area contributed by atoms with Crippen molar-refractivity contribution in [3.8, 4) is 5.75 Å². The Morgan fingerprint density at radius 1 is 1.16 bits per heavy atom. The topological polar surface area (TPSA) is 71.3 Å². The van der Waals surface area contributed by atoms with Crippen LogP contribution in [0.1, 0.15) is 17.3 Å². The fourth-order valence-electron chi connectivity index (χ4n) is 2.68. The molecule has 1 amide bonds. The predicted molar refractivity (Wildman–Crippen MR) is 89.9 cm³/mol. The summed E-state index contributed by atoms with van der Waals surface area (Å²) in [5.41, 5.74) is -0.653. The molecule has 0 radical (unpaired) electrons. The first-order chi connectivity index (χ1) is 11.9. The number of rotatable bonds is 3. The van der Waals surface area contributed by atoms with E-state index < -0.39 is 34.4 Å². The molecule has 0 fully saturated rings. The Hall–Kier alpha value is -3.22. The Bertz CT molecular complexity index is 1040. The second-order valence-electron chi connectivity index (χ2n) is 5.37. The average molecular weight is 344 g/mol. The summed E-state index contributed by atoms with van der Waals surface area (Å²) < 4.78 is 27.6. The number of aryl methyl sites for hydroxylation is 1. The number of nitrogens with zero attached hydrogens (tertiary/aromatic N) is 1. The Morgan fingerprint density at radius 2 is 1.88 bits per heavy atom. The third-order valence-corrected chi connectivity index (χ3v) is 3.87. The van der Waals surface area contributed by atoms with Crippen LogP contribution in [-0.4, -0.2) is 15.6 Å². The molecule has 25 heavy (non-hydrogen) atoms. The smallest absolute Gasteiger partial charge is 0.267 e. The molecule has 1 aromatic heterocycles. The van der Waals surface area contributed by atoms with Gasteiger partial charge in [0.15, 0.2) is 11.6 Å². The van der Waals surface area contributed by atoms with Crippen molar-refractivity contribution in [2.24, 2.45) is 0 Å². The quantitative estimate of drug-likeness (QED) is 0.766. The predicted octanol–water partition coefficient (Wildman–Crippen LogP) is 3.26. The maximum Gasteiger partial charge on any atom is 0.267 e. The van der Waals surface area contributed by atoms with E-state index in [1.807, 2.05) is 0 Å². The molecule has 0 aliphatic heterocycles. The van der Waals surface area contributed by atoms with Crippen LogP contribution in [0.25, 0.3) is 10.9 Å². The maximum absolute atomic E-state index is 13.3. The molecular formula is C18H14F2N2O3. The number of carbonyl (C=O) groups is 1. The number of para-hydroxylation sites is 1. The van der Waals surface area contributed by atoms with Crippen molar-refractivity contribution < 1.29 is 18.7 Å². The molecule has 0 bridgehead atoms. The van der Waals surface area contributed by atoms with Gasteiger partial charge in [-0.25, -0.2) is 8.78 Å². The first kappa shape index (κ1) is 16.6. The van der Waals surface area contributed by atoms with Crippen LogP contribution in [0.5, 0.6) is 5.75 Å². The van der Waals surface area contributed by atoms with Crippen molar-refractivity contribution in [1.82, 2.24) is 4.57 Å². The van der Waals surface area contributed by atoms with Crippen LogP contribution in [-0.2, 0) is 6.54 Å². The van der Waals surface area contributed by atoms with E-state index in [0.717, 1.165) is 18.2 Å². The zero-order valence-corrected chi connectivity index (χ0v) is 13.2. The second-order valence-corrected chi connectivity index (χ2v) is 5.37. The first-order valence-electron chi connectivity index (χ1n) is 7.55. The number of aromatic hydroxyl groups is 1. The summed E-state index contributed by atoms with van der Waals surface area (Å²) in [6.07, 6.45) is 0. The van der Waals surface area contributed by atoms with Gasteiger partial charge in [0, 0.05) is 23.7 Å². The van der Waals surface area contributed by atoms with Gasteiger partial charge in [-0.1, -0.05) is 12.1 Å². The maximum atomic E-state index is 13.3. The second kappa shape index (κ2) is 6.35. The van der Waals surface area contributed by atoms with Crippen molar-refractivity contribution in [1.29, 1.82) is 0 Å². The van der Waals surface area contributed by atoms with E-state index in [4.69, 9.17) is 0 Å². The highest BCUT2D eigenvalue weighted by Gasteiger charge is 2.22. The molecular weight excluding hydrogens is 330 g/mol. The number of carbonyl (C=O) groups excluding carboxylic acids is 1. The highest BCUT2D eigenvalue weighted by molar-refractivity contribution is 6.09. The molecule has 3 aromatic rings. The van der Waals surface area contributed by atoms with Crippen LogP contribution in [0.4, 0.5) is 14.5 Å². The summed E-state index contributed by atoms with van der Waals surface area (Å²) >= 11 is 0. The number of hydrogen-bond acceptors (Lipinski definition) is 3. The molecule has 0 spiro atoms. The Labute approximate surface area is 141 Å². The molecule has 0 saturated carbocycles. The van der Waals surface area contributed by atoms with E-state index in [2.05, 4.69) is 5.32 Å². The molecule has 0 unspecified atom stereocenters. The summed E-state index contributed by atoms with van der Waals surface area (Å²) in [6.45, 7) is 2.03. The van der Waals surface area contributed by atoms with Crippen molar-refractivity contribution >= 4 is 22.5 Å². The van der Waals surface area contributed by atoms with Gasteiger partial charge in [0.25, 0.3) is 11.5 Å². The lowest BCUT2D eigenvalue weighted by molar-refractivity contribution is 0.102. The van der Waals surface area contributed by atoms with Gasteiger partial charge in [-0.05, 0) is 31.2 Å². The SMILES string of the molecule is CCn1c(=O)c(C(=O)Nc2ccc(F)c(F)c2)c(O)c2ccccc21. The number of aromatic nitrogens is 1. The first-order valence-corrected chi connectivity index (χ1v) is 7.55. The molecule has 7 heteroatoms. The van der Waals surface area contributed by atoms with E-state index in [1.54, 1.807) is 31.2 Å². The lowest BCUT2D eigenvalue weighted by Gasteiger charge is -2.13. The third kappa shape index (κ3) is 2.84. The van der Waals surface area contributed by atoms with Crippen molar-refractivity contribution in [2.75, 3.05) is 5.32 Å². The Morgan fingerprint density at radius 3 is 2.56 bits per heavy atom. The minimum atomic E-state index is -1.13. The van der Waals surface area contributed by atoms with E-state index in [9.17, 15) is 23.5 Å². The van der Waals surface area contributed by atoms with Crippen LogP contribution in [0, 0.1) is 11.6 Å². The summed E-state index contributed by atoms with van der Waals surface area (Å²) in [7, 11) is 0. The standard InChI is InChI=1S/C18H14F2N2O3/c1-2-22-14-6-4-3-5-11(14)16(23)15(18(22)25)17(24)21-10-7-8-12(19)13(20)9-10/h3-9,23H,2H2,1H3,(H,21,24). The van der Waals surface area contributed by atoms with Gasteiger partial charge in [0.05, 0.1) is 5.52 Å². The van der Waals surface area contributed by atoms with Gasteiger partial charge in [0.2, 0.25) is 0 Å². The van der Waals surface area contributed by atoms with Crippen LogP contribution in [0.2, 0.25) is 0 Å². The van der Waals surface area contributed by atoms with E-state index in [1.165, 1.54) is 4.57 Å². The van der Waals surface area contributed by atoms with Gasteiger partial charge in [-0.15, -0.1) is 0 Å². The summed E-state index contributed by atoms with van der Waals surface area (Å²) in [5, 5.41) is 13.0. The van der Waals surface area contributed by atoms with Crippen molar-refractivity contribution in [2.45, 2.75) is 13.5 Å². The zero-order valence-electron chi connectivity index (χ0n) is 13.2. The number of nitrogens with one attached hydrogen (secondary N) is 1. The number of pyridine rings is 1. The fourth-order valence-corrected chi connectivity index (χ4v) is 2.68. The molecule has 0 aliphatic rings. The van der Waals surface area contributed by atoms with Crippen LogP contribution >= 0.6 is 0 Å². The highest BCUT2D eigenvalue weighted by atomic mass is 19.2. The minimum absolute atomic E-state index is 0.0288.